The molecule has 29 heavy (non-hydrogen) atoms. The summed E-state index contributed by atoms with van der Waals surface area (Å²) in [5, 5.41) is 0. The van der Waals surface area contributed by atoms with Crippen LogP contribution in [0.25, 0.3) is 0 Å². The van der Waals surface area contributed by atoms with Gasteiger partial charge in [0.25, 0.3) is 0 Å². The molecule has 0 unspecified atom stereocenters. The van der Waals surface area contributed by atoms with E-state index < -0.39 is 10.1 Å². The number of benzene rings is 2. The van der Waals surface area contributed by atoms with Gasteiger partial charge >= 0.3 is 10.1 Å². The summed E-state index contributed by atoms with van der Waals surface area (Å²) in [6, 6.07) is 12.9. The smallest absolute Gasteiger partial charge is 0.339 e. The quantitative estimate of drug-likeness (QED) is 0.568. The Balaban J connectivity index is 2.13. The number of carbonyl (C=O) groups excluding carboxylic acids is 1. The van der Waals surface area contributed by atoms with Crippen molar-refractivity contribution in [3.63, 3.8) is 0 Å². The monoisotopic (exact) mass is 419 g/mol. The van der Waals surface area contributed by atoms with Crippen LogP contribution in [0.15, 0.2) is 53.4 Å². The van der Waals surface area contributed by atoms with E-state index in [-0.39, 0.29) is 28.5 Å². The maximum atomic E-state index is 12.5. The molecule has 2 aromatic carbocycles. The van der Waals surface area contributed by atoms with Crippen molar-refractivity contribution in [1.29, 1.82) is 0 Å². The zero-order chi connectivity index (χ0) is 21.6. The van der Waals surface area contributed by atoms with E-state index in [1.54, 1.807) is 36.4 Å². The fraction of sp³-hybridized carbons (Fsp3) is 0.409. The van der Waals surface area contributed by atoms with Gasteiger partial charge in [0.1, 0.15) is 16.4 Å². The van der Waals surface area contributed by atoms with Gasteiger partial charge in [-0.05, 0) is 55.3 Å². The standard InChI is InChI=1S/C22H29NO5S/c1-6-17(4)23(22(24)16(2)3)15-18-7-9-20(10-8-18)28-29(25,26)21-13-11-19(27-5)12-14-21/h7-14,16-17H,6,15H2,1-5H3/t17-/m1/s1. The highest BCUT2D eigenvalue weighted by molar-refractivity contribution is 7.87. The fourth-order valence-electron chi connectivity index (χ4n) is 2.77. The summed E-state index contributed by atoms with van der Waals surface area (Å²) in [5.41, 5.74) is 0.911. The zero-order valence-corrected chi connectivity index (χ0v) is 18.4. The Labute approximate surface area is 173 Å². The van der Waals surface area contributed by atoms with Crippen LogP contribution in [0.1, 0.15) is 39.7 Å². The predicted octanol–water partition coefficient (Wildman–Crippen LogP) is 4.25. The number of hydrogen-bond donors (Lipinski definition) is 0. The maximum Gasteiger partial charge on any atom is 0.339 e. The molecule has 7 heteroatoms. The van der Waals surface area contributed by atoms with E-state index in [4.69, 9.17) is 8.92 Å². The normalized spacial score (nSPS) is 12.5. The van der Waals surface area contributed by atoms with Crippen molar-refractivity contribution in [3.8, 4) is 11.5 Å². The minimum Gasteiger partial charge on any atom is -0.497 e. The SMILES string of the molecule is CC[C@@H](C)N(Cc1ccc(OS(=O)(=O)c2ccc(OC)cc2)cc1)C(=O)C(C)C. The molecule has 0 radical (unpaired) electrons. The summed E-state index contributed by atoms with van der Waals surface area (Å²) in [7, 11) is -2.42. The van der Waals surface area contributed by atoms with E-state index in [1.807, 2.05) is 32.6 Å². The summed E-state index contributed by atoms with van der Waals surface area (Å²) >= 11 is 0. The van der Waals surface area contributed by atoms with Crippen LogP contribution in [0, 0.1) is 5.92 Å². The van der Waals surface area contributed by atoms with E-state index in [9.17, 15) is 13.2 Å². The Kier molecular flexibility index (Phi) is 7.67. The Morgan fingerprint density at radius 2 is 1.52 bits per heavy atom. The lowest BCUT2D eigenvalue weighted by atomic mass is 10.1. The average molecular weight is 420 g/mol. The van der Waals surface area contributed by atoms with Gasteiger partial charge in [0.2, 0.25) is 5.91 Å². The molecular formula is C22H29NO5S. The Bertz CT molecular complexity index is 905. The minimum atomic E-state index is -3.94. The van der Waals surface area contributed by atoms with Crippen molar-refractivity contribution < 1.29 is 22.1 Å². The third-order valence-corrected chi connectivity index (χ3v) is 5.99. The summed E-state index contributed by atoms with van der Waals surface area (Å²) in [5.74, 6) is 0.799. The highest BCUT2D eigenvalue weighted by Gasteiger charge is 2.22. The van der Waals surface area contributed by atoms with Gasteiger partial charge in [0.05, 0.1) is 7.11 Å². The van der Waals surface area contributed by atoms with Crippen LogP contribution in [0.4, 0.5) is 0 Å². The Morgan fingerprint density at radius 1 is 0.966 bits per heavy atom. The number of nitrogens with zero attached hydrogens (tertiary/aromatic N) is 1. The summed E-state index contributed by atoms with van der Waals surface area (Å²) < 4.78 is 35.1. The van der Waals surface area contributed by atoms with Crippen molar-refractivity contribution in [2.45, 2.75) is 51.6 Å². The molecule has 1 atom stereocenters. The first kappa shape index (κ1) is 22.7. The molecule has 0 aliphatic rings. The first-order valence-corrected chi connectivity index (χ1v) is 11.1. The van der Waals surface area contributed by atoms with Gasteiger partial charge in [0.15, 0.2) is 0 Å². The lowest BCUT2D eigenvalue weighted by Crippen LogP contribution is -2.40. The molecule has 0 bridgehead atoms. The second kappa shape index (κ2) is 9.78. The van der Waals surface area contributed by atoms with Gasteiger partial charge in [-0.25, -0.2) is 0 Å². The molecule has 6 nitrogen and oxygen atoms in total. The molecule has 0 saturated heterocycles. The fourth-order valence-corrected chi connectivity index (χ4v) is 3.70. The molecule has 158 valence electrons. The van der Waals surface area contributed by atoms with Gasteiger partial charge in [-0.1, -0.05) is 32.9 Å². The van der Waals surface area contributed by atoms with Gasteiger partial charge in [-0.3, -0.25) is 4.79 Å². The van der Waals surface area contributed by atoms with Crippen LogP contribution >= 0.6 is 0 Å². The summed E-state index contributed by atoms with van der Waals surface area (Å²) in [6.07, 6.45) is 0.861. The number of rotatable bonds is 9. The summed E-state index contributed by atoms with van der Waals surface area (Å²) in [6.45, 7) is 8.32. The van der Waals surface area contributed by atoms with Crippen LogP contribution in [0.2, 0.25) is 0 Å². The van der Waals surface area contributed by atoms with Gasteiger partial charge in [-0.2, -0.15) is 8.42 Å². The van der Waals surface area contributed by atoms with E-state index in [0.29, 0.717) is 12.3 Å². The molecule has 0 aliphatic heterocycles. The number of hydrogen-bond acceptors (Lipinski definition) is 5. The third kappa shape index (κ3) is 5.97. The molecule has 0 aliphatic carbocycles. The van der Waals surface area contributed by atoms with E-state index in [0.717, 1.165) is 12.0 Å². The molecule has 0 N–H and O–H groups in total. The van der Waals surface area contributed by atoms with Crippen LogP contribution in [0.3, 0.4) is 0 Å². The first-order valence-electron chi connectivity index (χ1n) is 9.66. The average Bonchev–Trinajstić information content (AvgIpc) is 2.71. The van der Waals surface area contributed by atoms with Crippen LogP contribution in [-0.4, -0.2) is 32.4 Å². The maximum absolute atomic E-state index is 12.5. The molecule has 0 saturated carbocycles. The molecule has 0 heterocycles. The largest absolute Gasteiger partial charge is 0.497 e. The lowest BCUT2D eigenvalue weighted by molar-refractivity contribution is -0.137. The second-order valence-corrected chi connectivity index (χ2v) is 8.78. The van der Waals surface area contributed by atoms with Gasteiger partial charge in [-0.15, -0.1) is 0 Å². The number of methoxy groups -OCH3 is 1. The van der Waals surface area contributed by atoms with E-state index in [2.05, 4.69) is 0 Å². The topological polar surface area (TPSA) is 72.9 Å². The summed E-state index contributed by atoms with van der Waals surface area (Å²) in [4.78, 5) is 14.4. The second-order valence-electron chi connectivity index (χ2n) is 7.24. The minimum absolute atomic E-state index is 0.0489. The molecule has 2 rings (SSSR count). The van der Waals surface area contributed by atoms with E-state index >= 15 is 0 Å². The number of ether oxygens (including phenoxy) is 1. The van der Waals surface area contributed by atoms with Gasteiger partial charge < -0.3 is 13.8 Å². The number of amides is 1. The van der Waals surface area contributed by atoms with Crippen molar-refractivity contribution in [1.82, 2.24) is 4.90 Å². The highest BCUT2D eigenvalue weighted by atomic mass is 32.2. The highest BCUT2D eigenvalue weighted by Crippen LogP contribution is 2.22. The molecule has 0 spiro atoms. The predicted molar refractivity (Wildman–Crippen MR) is 112 cm³/mol. The molecule has 1 amide bonds. The van der Waals surface area contributed by atoms with Crippen molar-refractivity contribution in [2.24, 2.45) is 5.92 Å². The van der Waals surface area contributed by atoms with Crippen LogP contribution < -0.4 is 8.92 Å². The zero-order valence-electron chi connectivity index (χ0n) is 17.6. The first-order chi connectivity index (χ1) is 13.7. The van der Waals surface area contributed by atoms with Gasteiger partial charge in [0, 0.05) is 18.5 Å². The van der Waals surface area contributed by atoms with Crippen molar-refractivity contribution in [2.75, 3.05) is 7.11 Å². The molecule has 0 aromatic heterocycles. The molecule has 2 aromatic rings. The van der Waals surface area contributed by atoms with Crippen LogP contribution in [-0.2, 0) is 21.5 Å². The Morgan fingerprint density at radius 3 is 2.00 bits per heavy atom. The third-order valence-electron chi connectivity index (χ3n) is 4.73. The van der Waals surface area contributed by atoms with Crippen LogP contribution in [0.5, 0.6) is 11.5 Å². The van der Waals surface area contributed by atoms with Crippen molar-refractivity contribution >= 4 is 16.0 Å². The lowest BCUT2D eigenvalue weighted by Gasteiger charge is -2.30. The van der Waals surface area contributed by atoms with Crippen molar-refractivity contribution in [3.05, 3.63) is 54.1 Å². The van der Waals surface area contributed by atoms with E-state index in [1.165, 1.54) is 19.2 Å². The number of carbonyl (C=O) groups is 1. The molecular weight excluding hydrogens is 390 g/mol. The Hall–Kier alpha value is -2.54. The molecule has 0 fully saturated rings.